The fourth-order valence-corrected chi connectivity index (χ4v) is 15.2. The molecule has 2 fully saturated rings. The number of phenols is 1. The van der Waals surface area contributed by atoms with Crippen LogP contribution in [0.1, 0.15) is 120 Å². The minimum absolute atomic E-state index is 0.0421. The van der Waals surface area contributed by atoms with Crippen molar-refractivity contribution in [1.82, 2.24) is 87.6 Å². The normalized spacial score (nSPS) is 20.9. The van der Waals surface area contributed by atoms with Crippen molar-refractivity contribution in [3.8, 4) is 17.2 Å². The molecule has 8 bridgehead atoms. The molecule has 0 saturated carbocycles. The van der Waals surface area contributed by atoms with Crippen molar-refractivity contribution >= 4 is 74.8 Å². The highest BCUT2D eigenvalue weighted by atomic mass is 19.1. The molecule has 2 saturated heterocycles. The van der Waals surface area contributed by atoms with E-state index in [1.54, 1.807) is 102 Å². The van der Waals surface area contributed by atoms with Crippen molar-refractivity contribution in [2.45, 2.75) is 186 Å². The molecule has 7 aromatic carbocycles. The van der Waals surface area contributed by atoms with Crippen LogP contribution in [-0.2, 0) is 88.6 Å². The van der Waals surface area contributed by atoms with Crippen molar-refractivity contribution in [3.05, 3.63) is 209 Å². The second-order valence-corrected chi connectivity index (χ2v) is 33.0. The lowest BCUT2D eigenvalue weighted by Crippen LogP contribution is -2.61. The Morgan fingerprint density at radius 3 is 1.45 bits per heavy atom. The molecule has 2 aromatic heterocycles. The molecule has 0 aliphatic carbocycles. The summed E-state index contributed by atoms with van der Waals surface area (Å²) < 4.78 is 45.1. The number of likely N-dealkylation sites (tertiary alicyclic amines) is 2. The summed E-state index contributed by atoms with van der Waals surface area (Å²) in [5.74, 6) is -10.0. The number of carbonyl (C=O) groups is 9. The highest BCUT2D eigenvalue weighted by Crippen LogP contribution is 2.36. The number of halogens is 2. The number of nitrogens with one attached hydrogen (secondary N) is 9. The lowest BCUT2D eigenvalue weighted by atomic mass is 9.85. The molecule has 11 N–H and O–H groups in total. The van der Waals surface area contributed by atoms with Crippen molar-refractivity contribution in [3.63, 3.8) is 0 Å². The topological polar surface area (TPSA) is 389 Å². The van der Waals surface area contributed by atoms with Crippen molar-refractivity contribution < 1.29 is 71.6 Å². The van der Waals surface area contributed by atoms with Crippen molar-refractivity contribution in [1.29, 1.82) is 0 Å². The average Bonchev–Trinajstić information content (AvgIpc) is 1.64. The van der Waals surface area contributed by atoms with E-state index in [9.17, 15) is 33.4 Å². The number of phenolic OH excluding ortho intramolecular Hbond substituents is 1. The Hall–Kier alpha value is -12.3. The molecule has 12 atom stereocenters. The van der Waals surface area contributed by atoms with Gasteiger partial charge in [-0.25, -0.2) is 22.9 Å². The lowest BCUT2D eigenvalue weighted by Gasteiger charge is -2.37. The van der Waals surface area contributed by atoms with E-state index in [0.29, 0.717) is 46.0 Å². The van der Waals surface area contributed by atoms with Crippen molar-refractivity contribution in [2.24, 2.45) is 10.8 Å². The van der Waals surface area contributed by atoms with Gasteiger partial charge in [-0.1, -0.05) is 161 Å². The molecule has 0 spiro atoms. The Morgan fingerprint density at radius 2 is 1.00 bits per heavy atom. The SMILES string of the molecule is CNC(C)CNC(C(=O)N1CCC2C1C(=O)NC(Cc1ccc3ccccc3c1)C(=O)NC(C(=O)O)Cc1ccc(cc1)OCc1cn(nn1)C1CCN(C(=O)C(NC(=O)C(C)NC)C(C)(C)C)C1C(=O)NC(Cc1ccc3ccccc3c1)C(=O)NC(C(=O)NCc1cc(F)c(O)c(F)c1)Cc1ccc(cc1)OCc1cn2nn1)C(C)(C)C. The summed E-state index contributed by atoms with van der Waals surface area (Å²) in [6, 6.07) is 27.7. The van der Waals surface area contributed by atoms with E-state index < -0.39 is 149 Å². The first-order valence-electron chi connectivity index (χ1n) is 39.9. The number of amides is 8. The van der Waals surface area contributed by atoms with Gasteiger partial charge in [0.2, 0.25) is 47.3 Å². The third kappa shape index (κ3) is 21.2. The number of fused-ring (bicyclic) bond motifs is 2. The third-order valence-corrected chi connectivity index (χ3v) is 22.2. The van der Waals surface area contributed by atoms with Crippen LogP contribution in [0.15, 0.2) is 158 Å². The highest BCUT2D eigenvalue weighted by molar-refractivity contribution is 5.98. The Balaban J connectivity index is 0.913. The standard InChI is InChI=1S/C87H103F2N17O13/c1-49(90-9)43-92-75(86(3,4)5)83(114)103-33-31-70-72(103)81(112)96-68(42-54-20-26-57-16-12-14-18-59(57)36-54)80(111)97-69(85(116)117)40-52-23-29-63(30-24-52)119-48-61-46-106(102-100-61)71-32-34-104(84(115)76(87(6,7)8)98-77(108)50(2)91-10)73(71)82(113)95-67(41-53-19-25-56-15-11-13-17-58(56)35-53)79(110)94-66(78(109)93-44-55-37-64(88)74(107)65(89)38-55)39-51-21-27-62(28-22-51)118-47-60-45-105(70)101-99-60/h11-30,35-38,45-46,49-50,66-73,75-76,90-92,107H,31-34,39-44,47-48H2,1-10H3,(H,93,109)(H,94,110)(H,95,113)(H,96,112)(H,97,111)(H,98,108)(H,116,117). The van der Waals surface area contributed by atoms with Gasteiger partial charge in [0.25, 0.3) is 0 Å². The number of nitrogens with zero attached hydrogens (tertiary/aromatic N) is 8. The van der Waals surface area contributed by atoms with E-state index in [1.165, 1.54) is 19.2 Å². The number of carboxylic acids is 1. The minimum atomic E-state index is -1.53. The summed E-state index contributed by atoms with van der Waals surface area (Å²) in [7, 11) is 3.41. The molecule has 119 heavy (non-hydrogen) atoms. The number of aromatic nitrogens is 6. The average molecular weight is 1630 g/mol. The van der Waals surface area contributed by atoms with Gasteiger partial charge in [-0.15, -0.1) is 10.2 Å². The maximum atomic E-state index is 15.9. The van der Waals surface area contributed by atoms with Crippen molar-refractivity contribution in [2.75, 3.05) is 33.7 Å². The number of rotatable bonds is 17. The van der Waals surface area contributed by atoms with E-state index in [1.807, 2.05) is 114 Å². The zero-order chi connectivity index (χ0) is 85.1. The van der Waals surface area contributed by atoms with Crippen LogP contribution in [0.2, 0.25) is 0 Å². The molecule has 32 heteroatoms. The second kappa shape index (κ2) is 37.5. The maximum Gasteiger partial charge on any atom is 0.326 e. The van der Waals surface area contributed by atoms with E-state index in [0.717, 1.165) is 33.7 Å². The van der Waals surface area contributed by atoms with Crippen LogP contribution in [0.4, 0.5) is 8.78 Å². The number of likely N-dealkylation sites (N-methyl/N-ethyl adjacent to an activating group) is 2. The van der Waals surface area contributed by atoms with Crippen LogP contribution in [-0.4, -0.2) is 197 Å². The van der Waals surface area contributed by atoms with Crippen LogP contribution < -0.4 is 57.3 Å². The van der Waals surface area contributed by atoms with Crippen LogP contribution in [0.25, 0.3) is 21.5 Å². The number of carbonyl (C=O) groups excluding carboxylic acids is 8. The summed E-state index contributed by atoms with van der Waals surface area (Å²) in [5.41, 5.74) is 1.09. The number of aromatic hydroxyl groups is 1. The summed E-state index contributed by atoms with van der Waals surface area (Å²) in [6.45, 7) is 14.3. The fourth-order valence-electron chi connectivity index (χ4n) is 15.2. The number of hydrogen-bond donors (Lipinski definition) is 11. The summed E-state index contributed by atoms with van der Waals surface area (Å²) in [4.78, 5) is 138. The Morgan fingerprint density at radius 1 is 0.555 bits per heavy atom. The number of carboxylic acid groups (broad SMARTS) is 1. The molecule has 6 aliphatic heterocycles. The predicted molar refractivity (Wildman–Crippen MR) is 438 cm³/mol. The molecule has 0 radical (unpaired) electrons. The highest BCUT2D eigenvalue weighted by Gasteiger charge is 2.50. The lowest BCUT2D eigenvalue weighted by molar-refractivity contribution is -0.145. The van der Waals surface area contributed by atoms with E-state index >= 15 is 28.8 Å². The van der Waals surface area contributed by atoms with Gasteiger partial charge in [-0.3, -0.25) is 38.4 Å². The second-order valence-electron chi connectivity index (χ2n) is 33.0. The predicted octanol–water partition coefficient (Wildman–Crippen LogP) is 5.98. The molecule has 15 rings (SSSR count). The third-order valence-electron chi connectivity index (χ3n) is 22.2. The molecule has 8 amide bonds. The molecular formula is C87H103F2N17O13. The summed E-state index contributed by atoms with van der Waals surface area (Å²) in [6.07, 6.45) is 2.76. The largest absolute Gasteiger partial charge is 0.503 e. The summed E-state index contributed by atoms with van der Waals surface area (Å²) >= 11 is 0. The van der Waals surface area contributed by atoms with Crippen LogP contribution in [0.3, 0.4) is 0 Å². The molecule has 12 unspecified atom stereocenters. The number of benzene rings is 7. The molecule has 8 heterocycles. The quantitative estimate of drug-likeness (QED) is 0.0499. The van der Waals surface area contributed by atoms with E-state index in [-0.39, 0.29) is 88.0 Å². The monoisotopic (exact) mass is 1630 g/mol. The number of hydrogen-bond acceptors (Lipinski definition) is 19. The number of ether oxygens (including phenoxy) is 2. The van der Waals surface area contributed by atoms with Crippen LogP contribution >= 0.6 is 0 Å². The molecular weight excluding hydrogens is 1530 g/mol. The van der Waals surface area contributed by atoms with Gasteiger partial charge < -0.3 is 77.3 Å². The van der Waals surface area contributed by atoms with Gasteiger partial charge in [0, 0.05) is 57.9 Å². The Labute approximate surface area is 687 Å². The van der Waals surface area contributed by atoms with Crippen LogP contribution in [0, 0.1) is 22.5 Å². The molecule has 30 nitrogen and oxygen atoms in total. The molecule has 628 valence electrons. The zero-order valence-corrected chi connectivity index (χ0v) is 68.1. The molecule has 9 aromatic rings. The van der Waals surface area contributed by atoms with Crippen LogP contribution in [0.5, 0.6) is 17.2 Å². The summed E-state index contributed by atoms with van der Waals surface area (Å²) in [5, 5.41) is 68.8. The first kappa shape index (κ1) is 86.1. The van der Waals surface area contributed by atoms with Gasteiger partial charge in [0.15, 0.2) is 17.4 Å². The fraction of sp³-hybridized carbons (Fsp3) is 0.414. The zero-order valence-electron chi connectivity index (χ0n) is 68.1. The first-order valence-corrected chi connectivity index (χ1v) is 39.9. The van der Waals surface area contributed by atoms with Gasteiger partial charge in [-0.05, 0) is 137 Å². The van der Waals surface area contributed by atoms with Gasteiger partial charge in [-0.2, -0.15) is 0 Å². The number of aliphatic carboxylic acids is 1. The van der Waals surface area contributed by atoms with E-state index in [2.05, 4.69) is 68.5 Å². The van der Waals surface area contributed by atoms with E-state index in [4.69, 9.17) is 9.47 Å². The molecule has 6 aliphatic rings. The minimum Gasteiger partial charge on any atom is -0.503 e. The van der Waals surface area contributed by atoms with Gasteiger partial charge >= 0.3 is 5.97 Å². The first-order chi connectivity index (χ1) is 56.8. The maximum absolute atomic E-state index is 15.9. The van der Waals surface area contributed by atoms with Gasteiger partial charge in [0.05, 0.1) is 36.6 Å². The Bertz CT molecular complexity index is 5160. The smallest absolute Gasteiger partial charge is 0.326 e. The Kier molecular flexibility index (Phi) is 27.1. The van der Waals surface area contributed by atoms with Gasteiger partial charge in [0.1, 0.15) is 78.4 Å².